The number of nitrogens with two attached hydrogens (primary N) is 1. The highest BCUT2D eigenvalue weighted by atomic mass is 16.4. The number of carbonyl (C=O) groups is 2. The van der Waals surface area contributed by atoms with Crippen LogP contribution in [0.25, 0.3) is 0 Å². The molecule has 0 saturated carbocycles. The van der Waals surface area contributed by atoms with Gasteiger partial charge < -0.3 is 15.7 Å². The topological polar surface area (TPSA) is 96.5 Å². The van der Waals surface area contributed by atoms with Crippen LogP contribution in [-0.4, -0.2) is 35.1 Å². The molecule has 1 aromatic heterocycles. The van der Waals surface area contributed by atoms with Crippen LogP contribution in [0.2, 0.25) is 0 Å². The van der Waals surface area contributed by atoms with E-state index in [2.05, 4.69) is 4.98 Å². The highest BCUT2D eigenvalue weighted by Crippen LogP contribution is 2.34. The summed E-state index contributed by atoms with van der Waals surface area (Å²) < 4.78 is 0. The average molecular weight is 277 g/mol. The fraction of sp³-hybridized carbons (Fsp3) is 0.500. The molecule has 2 heterocycles. The summed E-state index contributed by atoms with van der Waals surface area (Å²) in [6.45, 7) is 6.36. The van der Waals surface area contributed by atoms with E-state index in [9.17, 15) is 14.7 Å². The number of rotatable bonds is 3. The van der Waals surface area contributed by atoms with E-state index in [4.69, 9.17) is 5.73 Å². The molecule has 1 amide bonds. The summed E-state index contributed by atoms with van der Waals surface area (Å²) >= 11 is 0. The van der Waals surface area contributed by atoms with Crippen molar-refractivity contribution >= 4 is 17.7 Å². The Morgan fingerprint density at radius 2 is 2.10 bits per heavy atom. The van der Waals surface area contributed by atoms with Crippen molar-refractivity contribution in [1.29, 1.82) is 0 Å². The molecule has 1 aromatic rings. The maximum absolute atomic E-state index is 11.5. The number of carbonyl (C=O) groups excluding carboxylic acids is 1. The fourth-order valence-corrected chi connectivity index (χ4v) is 2.65. The zero-order chi connectivity index (χ0) is 15.1. The third-order valence-electron chi connectivity index (χ3n) is 3.91. The van der Waals surface area contributed by atoms with Crippen LogP contribution in [0, 0.1) is 19.3 Å². The minimum atomic E-state index is -1.00. The first-order valence-corrected chi connectivity index (χ1v) is 6.51. The van der Waals surface area contributed by atoms with Gasteiger partial charge in [-0.05, 0) is 38.8 Å². The molecule has 3 N–H and O–H groups in total. The Kier molecular flexibility index (Phi) is 3.41. The van der Waals surface area contributed by atoms with E-state index in [1.165, 1.54) is 0 Å². The highest BCUT2D eigenvalue weighted by Gasteiger charge is 2.40. The number of carboxylic acid groups (broad SMARTS) is 1. The summed E-state index contributed by atoms with van der Waals surface area (Å²) in [6.07, 6.45) is 0.607. The first-order valence-electron chi connectivity index (χ1n) is 6.51. The van der Waals surface area contributed by atoms with Crippen molar-refractivity contribution in [1.82, 2.24) is 4.98 Å². The zero-order valence-electron chi connectivity index (χ0n) is 11.9. The van der Waals surface area contributed by atoms with Crippen molar-refractivity contribution < 1.29 is 14.7 Å². The van der Waals surface area contributed by atoms with Crippen molar-refractivity contribution in [2.75, 3.05) is 18.0 Å². The monoisotopic (exact) mass is 277 g/mol. The molecule has 1 fully saturated rings. The number of aromatic carboxylic acids is 1. The summed E-state index contributed by atoms with van der Waals surface area (Å²) in [5.41, 5.74) is 6.43. The van der Waals surface area contributed by atoms with Crippen LogP contribution < -0.4 is 10.6 Å². The van der Waals surface area contributed by atoms with Gasteiger partial charge in [0.1, 0.15) is 11.4 Å². The number of aromatic nitrogens is 1. The van der Waals surface area contributed by atoms with E-state index in [0.29, 0.717) is 30.9 Å². The number of anilines is 1. The number of amides is 1. The van der Waals surface area contributed by atoms with Crippen LogP contribution in [0.1, 0.15) is 35.0 Å². The molecule has 6 heteroatoms. The Hall–Kier alpha value is -2.11. The predicted molar refractivity (Wildman–Crippen MR) is 74.8 cm³/mol. The van der Waals surface area contributed by atoms with Gasteiger partial charge in [-0.1, -0.05) is 0 Å². The maximum atomic E-state index is 11.5. The van der Waals surface area contributed by atoms with Crippen molar-refractivity contribution in [3.8, 4) is 0 Å². The SMILES string of the molecule is Cc1cc(C)c(C(=O)O)c(N2CCC(C)(C(N)=O)C2)n1. The van der Waals surface area contributed by atoms with E-state index in [1.54, 1.807) is 19.9 Å². The number of carboxylic acids is 1. The van der Waals surface area contributed by atoms with Gasteiger partial charge in [0.15, 0.2) is 0 Å². The third-order valence-corrected chi connectivity index (χ3v) is 3.91. The fourth-order valence-electron chi connectivity index (χ4n) is 2.65. The molecule has 20 heavy (non-hydrogen) atoms. The Bertz CT molecular complexity index is 585. The van der Waals surface area contributed by atoms with E-state index in [-0.39, 0.29) is 11.5 Å². The standard InChI is InChI=1S/C14H19N3O3/c1-8-6-9(2)16-11(10(8)12(18)19)17-5-4-14(3,7-17)13(15)20/h6H,4-5,7H2,1-3H3,(H2,15,20)(H,18,19). The Balaban J connectivity index is 2.44. The number of pyridine rings is 1. The van der Waals surface area contributed by atoms with Crippen molar-refractivity contribution in [3.63, 3.8) is 0 Å². The molecule has 2 rings (SSSR count). The molecule has 0 spiro atoms. The van der Waals surface area contributed by atoms with Gasteiger partial charge in [-0.25, -0.2) is 9.78 Å². The quantitative estimate of drug-likeness (QED) is 0.862. The first-order chi connectivity index (χ1) is 9.24. The highest BCUT2D eigenvalue weighted by molar-refractivity contribution is 5.95. The molecular formula is C14H19N3O3. The minimum absolute atomic E-state index is 0.198. The minimum Gasteiger partial charge on any atom is -0.478 e. The number of primary amides is 1. The summed E-state index contributed by atoms with van der Waals surface area (Å²) in [5.74, 6) is -0.932. The first kappa shape index (κ1) is 14.3. The lowest BCUT2D eigenvalue weighted by molar-refractivity contribution is -0.125. The van der Waals surface area contributed by atoms with E-state index in [1.807, 2.05) is 11.8 Å². The lowest BCUT2D eigenvalue weighted by Crippen LogP contribution is -2.37. The van der Waals surface area contributed by atoms with Gasteiger partial charge >= 0.3 is 5.97 Å². The van der Waals surface area contributed by atoms with Crippen LogP contribution in [0.15, 0.2) is 6.07 Å². The molecule has 6 nitrogen and oxygen atoms in total. The second kappa shape index (κ2) is 4.77. The lowest BCUT2D eigenvalue weighted by Gasteiger charge is -2.23. The Morgan fingerprint density at radius 3 is 2.60 bits per heavy atom. The van der Waals surface area contributed by atoms with Gasteiger partial charge in [0.25, 0.3) is 0 Å². The average Bonchev–Trinajstić information content (AvgIpc) is 2.71. The normalized spacial score (nSPS) is 22.1. The number of aryl methyl sites for hydroxylation is 2. The van der Waals surface area contributed by atoms with E-state index < -0.39 is 11.4 Å². The molecule has 0 aromatic carbocycles. The molecule has 1 saturated heterocycles. The van der Waals surface area contributed by atoms with Gasteiger partial charge in [0, 0.05) is 18.8 Å². The molecule has 1 aliphatic heterocycles. The molecule has 0 radical (unpaired) electrons. The van der Waals surface area contributed by atoms with Crippen LogP contribution in [0.5, 0.6) is 0 Å². The Labute approximate surface area is 117 Å². The molecule has 108 valence electrons. The molecule has 1 unspecified atom stereocenters. The van der Waals surface area contributed by atoms with Crippen LogP contribution in [0.3, 0.4) is 0 Å². The maximum Gasteiger partial charge on any atom is 0.339 e. The summed E-state index contributed by atoms with van der Waals surface area (Å²) in [7, 11) is 0. The Morgan fingerprint density at radius 1 is 1.45 bits per heavy atom. The number of nitrogens with zero attached hydrogens (tertiary/aromatic N) is 2. The summed E-state index contributed by atoms with van der Waals surface area (Å²) in [6, 6.07) is 1.75. The summed E-state index contributed by atoms with van der Waals surface area (Å²) in [4.78, 5) is 29.2. The van der Waals surface area contributed by atoms with Crippen molar-refractivity contribution in [2.24, 2.45) is 11.1 Å². The third kappa shape index (κ3) is 2.33. The molecular weight excluding hydrogens is 258 g/mol. The number of hydrogen-bond donors (Lipinski definition) is 2. The second-order valence-electron chi connectivity index (χ2n) is 5.68. The van der Waals surface area contributed by atoms with Gasteiger partial charge in [0.2, 0.25) is 5.91 Å². The molecule has 1 aliphatic rings. The second-order valence-corrected chi connectivity index (χ2v) is 5.68. The van der Waals surface area contributed by atoms with Gasteiger partial charge in [-0.3, -0.25) is 4.79 Å². The smallest absolute Gasteiger partial charge is 0.339 e. The molecule has 0 aliphatic carbocycles. The predicted octanol–water partition coefficient (Wildman–Crippen LogP) is 1.10. The van der Waals surface area contributed by atoms with E-state index in [0.717, 1.165) is 5.69 Å². The van der Waals surface area contributed by atoms with Gasteiger partial charge in [0.05, 0.1) is 5.41 Å². The van der Waals surface area contributed by atoms with Crippen molar-refractivity contribution in [2.45, 2.75) is 27.2 Å². The zero-order valence-corrected chi connectivity index (χ0v) is 11.9. The van der Waals surface area contributed by atoms with Gasteiger partial charge in [-0.15, -0.1) is 0 Å². The van der Waals surface area contributed by atoms with Gasteiger partial charge in [-0.2, -0.15) is 0 Å². The van der Waals surface area contributed by atoms with Crippen LogP contribution in [-0.2, 0) is 4.79 Å². The number of hydrogen-bond acceptors (Lipinski definition) is 4. The molecule has 0 bridgehead atoms. The lowest BCUT2D eigenvalue weighted by atomic mass is 9.89. The van der Waals surface area contributed by atoms with Crippen LogP contribution in [0.4, 0.5) is 5.82 Å². The summed E-state index contributed by atoms with van der Waals surface area (Å²) in [5, 5.41) is 9.38. The largest absolute Gasteiger partial charge is 0.478 e. The van der Waals surface area contributed by atoms with E-state index >= 15 is 0 Å². The van der Waals surface area contributed by atoms with Crippen molar-refractivity contribution in [3.05, 3.63) is 22.9 Å². The molecule has 1 atom stereocenters. The van der Waals surface area contributed by atoms with Crippen LogP contribution >= 0.6 is 0 Å².